The zero-order chi connectivity index (χ0) is 43.8. The van der Waals surface area contributed by atoms with Gasteiger partial charge in [-0.1, -0.05) is 76.2 Å². The maximum Gasteiger partial charge on any atom is 0.407 e. The maximum absolute atomic E-state index is 14.0. The third-order valence-electron chi connectivity index (χ3n) is 13.1. The van der Waals surface area contributed by atoms with Gasteiger partial charge in [0.05, 0.1) is 50.2 Å². The van der Waals surface area contributed by atoms with E-state index in [4.69, 9.17) is 14.5 Å². The lowest BCUT2D eigenvalue weighted by atomic mass is 9.89. The van der Waals surface area contributed by atoms with Crippen molar-refractivity contribution in [1.82, 2.24) is 30.4 Å². The summed E-state index contributed by atoms with van der Waals surface area (Å²) in [6.45, 7) is 7.83. The Hall–Kier alpha value is -6.49. The first-order valence-electron chi connectivity index (χ1n) is 21.5. The number of hydrogen-bond acceptors (Lipinski definition) is 9. The number of rotatable bonds is 11. The van der Waals surface area contributed by atoms with Crippen molar-refractivity contribution in [1.29, 1.82) is 5.26 Å². The van der Waals surface area contributed by atoms with Crippen molar-refractivity contribution in [2.45, 2.75) is 90.0 Å². The molecule has 8 rings (SSSR count). The van der Waals surface area contributed by atoms with Crippen LogP contribution in [0.3, 0.4) is 0 Å². The van der Waals surface area contributed by atoms with E-state index in [1.807, 2.05) is 44.9 Å². The molecule has 14 nitrogen and oxygen atoms in total. The first-order valence-corrected chi connectivity index (χ1v) is 21.5. The number of carbonyl (C=O) groups excluding carboxylic acids is 4. The highest BCUT2D eigenvalue weighted by atomic mass is 16.5. The van der Waals surface area contributed by atoms with E-state index >= 15 is 0 Å². The van der Waals surface area contributed by atoms with Crippen molar-refractivity contribution >= 4 is 46.1 Å². The number of amides is 4. The average molecular weight is 839 g/mol. The molecule has 1 aromatic heterocycles. The smallest absolute Gasteiger partial charge is 0.407 e. The minimum atomic E-state index is -0.806. The molecule has 2 saturated heterocycles. The molecule has 0 spiro atoms. The summed E-state index contributed by atoms with van der Waals surface area (Å²) in [4.78, 5) is 68.6. The normalized spacial score (nSPS) is 22.7. The molecule has 14 heteroatoms. The minimum absolute atomic E-state index is 0.0606. The van der Waals surface area contributed by atoms with E-state index in [2.05, 4.69) is 81.3 Å². The summed E-state index contributed by atoms with van der Waals surface area (Å²) in [5.41, 5.74) is 7.15. The number of fused-ring (bicyclic) bond motifs is 3. The third-order valence-corrected chi connectivity index (χ3v) is 13.1. The molecule has 1 saturated carbocycles. The second kappa shape index (κ2) is 17.5. The van der Waals surface area contributed by atoms with E-state index in [-0.39, 0.29) is 48.2 Å². The number of benzene rings is 3. The van der Waals surface area contributed by atoms with E-state index in [1.54, 1.807) is 11.1 Å². The number of nitrogens with one attached hydrogen (secondary N) is 3. The van der Waals surface area contributed by atoms with Gasteiger partial charge in [-0.05, 0) is 88.6 Å². The predicted octanol–water partition coefficient (Wildman–Crippen LogP) is 7.64. The molecule has 4 heterocycles. The Labute approximate surface area is 361 Å². The molecule has 1 aliphatic carbocycles. The monoisotopic (exact) mass is 838 g/mol. The van der Waals surface area contributed by atoms with E-state index in [0.717, 1.165) is 69.3 Å². The number of allylic oxidation sites excluding steroid dienone is 1. The minimum Gasteiger partial charge on any atom is -0.453 e. The summed E-state index contributed by atoms with van der Waals surface area (Å²) in [6, 6.07) is 21.7. The highest BCUT2D eigenvalue weighted by Crippen LogP contribution is 2.46. The Kier molecular flexibility index (Phi) is 11.9. The largest absolute Gasteiger partial charge is 0.453 e. The number of likely N-dealkylation sites (tertiary alicyclic amines) is 2. The number of aromatic amines is 1. The van der Waals surface area contributed by atoms with Crippen molar-refractivity contribution < 1.29 is 28.7 Å². The second-order valence-electron chi connectivity index (χ2n) is 17.7. The number of aromatic nitrogens is 2. The van der Waals surface area contributed by atoms with Gasteiger partial charge in [-0.25, -0.2) is 14.6 Å². The van der Waals surface area contributed by atoms with Crippen LogP contribution in [0.15, 0.2) is 78.1 Å². The number of nitrogens with zero attached hydrogens (tertiary/aromatic N) is 5. The fourth-order valence-electron chi connectivity index (χ4n) is 9.83. The Bertz CT molecular complexity index is 2480. The summed E-state index contributed by atoms with van der Waals surface area (Å²) < 4.78 is 9.60. The van der Waals surface area contributed by atoms with Crippen LogP contribution in [0.2, 0.25) is 0 Å². The van der Waals surface area contributed by atoms with Gasteiger partial charge in [0.25, 0.3) is 0 Å². The van der Waals surface area contributed by atoms with Crippen molar-refractivity contribution in [2.75, 3.05) is 20.8 Å². The molecule has 4 aromatic rings. The van der Waals surface area contributed by atoms with E-state index in [0.29, 0.717) is 24.6 Å². The van der Waals surface area contributed by atoms with E-state index < -0.39 is 30.3 Å². The molecule has 2 bridgehead atoms. The van der Waals surface area contributed by atoms with Crippen LogP contribution in [-0.4, -0.2) is 94.4 Å². The van der Waals surface area contributed by atoms with Crippen LogP contribution in [0.25, 0.3) is 38.7 Å². The predicted molar refractivity (Wildman–Crippen MR) is 235 cm³/mol. The third kappa shape index (κ3) is 8.15. The highest BCUT2D eigenvalue weighted by Gasteiger charge is 2.52. The number of alkyl carbamates (subject to hydrolysis) is 2. The van der Waals surface area contributed by atoms with Gasteiger partial charge in [-0.15, -0.1) is 0 Å². The van der Waals surface area contributed by atoms with Gasteiger partial charge in [0, 0.05) is 36.5 Å². The number of H-pyrrole nitrogens is 1. The molecule has 0 radical (unpaired) electrons. The van der Waals surface area contributed by atoms with Crippen LogP contribution < -0.4 is 10.6 Å². The first kappa shape index (κ1) is 42.2. The molecule has 62 heavy (non-hydrogen) atoms. The van der Waals surface area contributed by atoms with Crippen LogP contribution in [-0.2, 0) is 19.1 Å². The molecule has 7 atom stereocenters. The molecular weight excluding hydrogens is 785 g/mol. The summed E-state index contributed by atoms with van der Waals surface area (Å²) in [5.74, 6) is -0.0234. The Balaban J connectivity index is 0.938. The quantitative estimate of drug-likeness (QED) is 0.138. The van der Waals surface area contributed by atoms with Crippen LogP contribution in [0.4, 0.5) is 9.59 Å². The Morgan fingerprint density at radius 2 is 1.42 bits per heavy atom. The fraction of sp³-hybridized carbons (Fsp3) is 0.438. The number of imidazole rings is 1. The van der Waals surface area contributed by atoms with E-state index in [1.165, 1.54) is 14.2 Å². The topological polar surface area (TPSA) is 182 Å². The Morgan fingerprint density at radius 3 is 2.06 bits per heavy atom. The maximum atomic E-state index is 14.0. The van der Waals surface area contributed by atoms with Crippen molar-refractivity contribution in [3.05, 3.63) is 84.4 Å². The summed E-state index contributed by atoms with van der Waals surface area (Å²) in [6.07, 6.45) is 6.54. The zero-order valence-electron chi connectivity index (χ0n) is 36.1. The number of aliphatic imine (C=N–C) groups is 1. The second-order valence-corrected chi connectivity index (χ2v) is 17.7. The number of carbonyl (C=O) groups is 4. The lowest BCUT2D eigenvalue weighted by molar-refractivity contribution is -0.137. The lowest BCUT2D eigenvalue weighted by Crippen LogP contribution is -2.57. The molecule has 322 valence electrons. The summed E-state index contributed by atoms with van der Waals surface area (Å²) >= 11 is 0. The van der Waals surface area contributed by atoms with Crippen LogP contribution in [0.1, 0.15) is 77.2 Å². The number of hydrogen-bond donors (Lipinski definition) is 3. The van der Waals surface area contributed by atoms with Gasteiger partial charge in [-0.3, -0.25) is 14.6 Å². The van der Waals surface area contributed by atoms with Crippen LogP contribution >= 0.6 is 0 Å². The highest BCUT2D eigenvalue weighted by molar-refractivity contribution is 6.04. The van der Waals surface area contributed by atoms with Gasteiger partial charge in [-0.2, -0.15) is 5.26 Å². The molecule has 3 aliphatic heterocycles. The molecular formula is C48H54N8O6. The summed E-state index contributed by atoms with van der Waals surface area (Å²) in [5, 5.41) is 17.4. The molecule has 3 N–H and O–H groups in total. The molecule has 3 fully saturated rings. The average Bonchev–Trinajstić information content (AvgIpc) is 4.15. The van der Waals surface area contributed by atoms with Gasteiger partial charge in [0.15, 0.2) is 0 Å². The SMILES string of the molecule is COC(=O)N[C@H](C(=O)N1C[C@@H](C#N)C[C@H]1c1ncc(-c2ccc3cc(-c4ccc(C5=CN=C([C@@H]6[C@H]7CC[C@H](C7)N6C(=O)[C@@H](NC(=O)OC)C(C)C)C5)cc4)ccc3c2)[nH]1)C(C)C. The molecule has 4 aliphatic rings. The van der Waals surface area contributed by atoms with Crippen molar-refractivity contribution in [3.63, 3.8) is 0 Å². The van der Waals surface area contributed by atoms with Gasteiger partial charge < -0.3 is 34.9 Å². The number of nitriles is 1. The molecule has 3 aromatic carbocycles. The first-order chi connectivity index (χ1) is 29.9. The van der Waals surface area contributed by atoms with Crippen molar-refractivity contribution in [3.8, 4) is 28.5 Å². The van der Waals surface area contributed by atoms with Crippen molar-refractivity contribution in [2.24, 2.45) is 28.7 Å². The standard InChI is InChI=1S/C48H54N8O6/c1-26(2)41(53-47(59)61-5)45(57)55-25-28(22-49)17-40(55)44-51-24-39(52-44)34-14-13-32-18-31(11-12-33(32)19-34)29-7-9-30(10-8-29)36-21-38(50-23-36)43-35-15-16-37(20-35)56(43)46(58)42(27(3)4)54-48(60)62-6/h7-14,18-19,23-24,26-28,35,37,40-43H,15-17,20-21,25H2,1-6H3,(H,51,52)(H,53,59)(H,54,60)/t28-,35+,37-,40+,41+,42+,43+/m1/s1. The van der Waals surface area contributed by atoms with Crippen LogP contribution in [0.5, 0.6) is 0 Å². The lowest BCUT2D eigenvalue weighted by Gasteiger charge is -2.38. The van der Waals surface area contributed by atoms with Crippen LogP contribution in [0, 0.1) is 35.0 Å². The van der Waals surface area contributed by atoms with E-state index in [9.17, 15) is 24.4 Å². The van der Waals surface area contributed by atoms with Gasteiger partial charge >= 0.3 is 12.2 Å². The molecule has 0 unspecified atom stereocenters. The number of methoxy groups -OCH3 is 2. The summed E-state index contributed by atoms with van der Waals surface area (Å²) in [7, 11) is 2.57. The van der Waals surface area contributed by atoms with Gasteiger partial charge in [0.1, 0.15) is 17.9 Å². The number of ether oxygens (including phenoxy) is 2. The molecule has 4 amide bonds. The zero-order valence-corrected chi connectivity index (χ0v) is 36.1. The number of piperidine rings is 1. The fourth-order valence-corrected chi connectivity index (χ4v) is 9.83. The Morgan fingerprint density at radius 1 is 0.806 bits per heavy atom. The van der Waals surface area contributed by atoms with Gasteiger partial charge in [0.2, 0.25) is 11.8 Å².